The van der Waals surface area contributed by atoms with Crippen molar-refractivity contribution in [3.05, 3.63) is 0 Å². The Morgan fingerprint density at radius 3 is 2.76 bits per heavy atom. The summed E-state index contributed by atoms with van der Waals surface area (Å²) in [7, 11) is 0. The Kier molecular flexibility index (Phi) is 2.88. The van der Waals surface area contributed by atoms with Crippen LogP contribution in [0.15, 0.2) is 0 Å². The second-order valence-corrected chi connectivity index (χ2v) is 5.46. The van der Waals surface area contributed by atoms with E-state index in [-0.39, 0.29) is 17.9 Å². The quantitative estimate of drug-likeness (QED) is 0.646. The molecule has 17 heavy (non-hydrogen) atoms. The molecular weight excluding hydrogens is 218 g/mol. The van der Waals surface area contributed by atoms with Crippen LogP contribution in [0.3, 0.4) is 0 Å². The van der Waals surface area contributed by atoms with Gasteiger partial charge in [-0.05, 0) is 38.3 Å². The Balaban J connectivity index is 1.42. The standard InChI is InChI=1S/C12H19N3O2/c16-11-5-10(12(17)14-11)13-6-8-3-4-15(7-8)9-1-2-9/h8-10,13H,1-7H2,(H,14,16,17). The molecular formula is C12H19N3O2. The van der Waals surface area contributed by atoms with Gasteiger partial charge in [0.15, 0.2) is 0 Å². The lowest BCUT2D eigenvalue weighted by Crippen LogP contribution is -2.39. The van der Waals surface area contributed by atoms with Crippen molar-refractivity contribution in [3.8, 4) is 0 Å². The van der Waals surface area contributed by atoms with Gasteiger partial charge < -0.3 is 10.2 Å². The van der Waals surface area contributed by atoms with Gasteiger partial charge in [-0.3, -0.25) is 14.9 Å². The first-order valence-electron chi connectivity index (χ1n) is 6.53. The van der Waals surface area contributed by atoms with Crippen LogP contribution in [0.5, 0.6) is 0 Å². The summed E-state index contributed by atoms with van der Waals surface area (Å²) in [6, 6.07) is 0.550. The Bertz CT molecular complexity index is 341. The zero-order valence-electron chi connectivity index (χ0n) is 9.95. The number of rotatable bonds is 4. The maximum Gasteiger partial charge on any atom is 0.244 e. The van der Waals surface area contributed by atoms with Crippen molar-refractivity contribution in [2.24, 2.45) is 5.92 Å². The van der Waals surface area contributed by atoms with Gasteiger partial charge in [0, 0.05) is 12.6 Å². The number of hydrogen-bond acceptors (Lipinski definition) is 4. The van der Waals surface area contributed by atoms with Crippen molar-refractivity contribution in [3.63, 3.8) is 0 Å². The molecule has 5 heteroatoms. The van der Waals surface area contributed by atoms with E-state index in [0.717, 1.165) is 19.1 Å². The molecule has 1 saturated carbocycles. The van der Waals surface area contributed by atoms with Crippen LogP contribution in [0.4, 0.5) is 0 Å². The average molecular weight is 237 g/mol. The highest BCUT2D eigenvalue weighted by Gasteiger charge is 2.35. The van der Waals surface area contributed by atoms with Crippen LogP contribution in [0, 0.1) is 5.92 Å². The Hall–Kier alpha value is -0.940. The van der Waals surface area contributed by atoms with E-state index in [1.165, 1.54) is 25.8 Å². The summed E-state index contributed by atoms with van der Waals surface area (Å²) in [4.78, 5) is 25.0. The monoisotopic (exact) mass is 237 g/mol. The molecule has 1 aliphatic carbocycles. The van der Waals surface area contributed by atoms with E-state index in [9.17, 15) is 9.59 Å². The molecule has 0 aromatic rings. The number of amides is 2. The van der Waals surface area contributed by atoms with Gasteiger partial charge in [-0.25, -0.2) is 0 Å². The van der Waals surface area contributed by atoms with E-state index in [0.29, 0.717) is 12.3 Å². The molecule has 2 unspecified atom stereocenters. The minimum absolute atomic E-state index is 0.154. The largest absolute Gasteiger partial charge is 0.305 e. The molecule has 2 aliphatic heterocycles. The Labute approximate surface area is 101 Å². The zero-order chi connectivity index (χ0) is 11.8. The molecule has 2 heterocycles. The molecule has 2 atom stereocenters. The van der Waals surface area contributed by atoms with Crippen LogP contribution in [0.2, 0.25) is 0 Å². The van der Waals surface area contributed by atoms with Crippen molar-refractivity contribution in [2.45, 2.75) is 37.8 Å². The summed E-state index contributed by atoms with van der Waals surface area (Å²) < 4.78 is 0. The second-order valence-electron chi connectivity index (χ2n) is 5.46. The fourth-order valence-electron chi connectivity index (χ4n) is 2.83. The van der Waals surface area contributed by atoms with E-state index >= 15 is 0 Å². The van der Waals surface area contributed by atoms with E-state index in [4.69, 9.17) is 0 Å². The summed E-state index contributed by atoms with van der Waals surface area (Å²) in [5.41, 5.74) is 0. The molecule has 3 aliphatic rings. The molecule has 0 radical (unpaired) electrons. The van der Waals surface area contributed by atoms with Gasteiger partial charge in [-0.15, -0.1) is 0 Å². The highest BCUT2D eigenvalue weighted by Crippen LogP contribution is 2.31. The van der Waals surface area contributed by atoms with Crippen LogP contribution >= 0.6 is 0 Å². The summed E-state index contributed by atoms with van der Waals surface area (Å²) in [5, 5.41) is 5.55. The van der Waals surface area contributed by atoms with Crippen LogP contribution in [-0.4, -0.2) is 48.4 Å². The number of carbonyl (C=O) groups excluding carboxylic acids is 2. The lowest BCUT2D eigenvalue weighted by molar-refractivity contribution is -0.125. The van der Waals surface area contributed by atoms with Crippen molar-refractivity contribution < 1.29 is 9.59 Å². The predicted molar refractivity (Wildman–Crippen MR) is 62.3 cm³/mol. The molecule has 0 aromatic carbocycles. The summed E-state index contributed by atoms with van der Waals surface area (Å²) in [6.45, 7) is 3.21. The minimum Gasteiger partial charge on any atom is -0.305 e. The first-order chi connectivity index (χ1) is 8.22. The molecule has 0 bridgehead atoms. The summed E-state index contributed by atoms with van der Waals surface area (Å²) in [5.74, 6) is 0.324. The number of nitrogens with zero attached hydrogens (tertiary/aromatic N) is 1. The van der Waals surface area contributed by atoms with E-state index in [1.54, 1.807) is 0 Å². The first-order valence-corrected chi connectivity index (χ1v) is 6.53. The van der Waals surface area contributed by atoms with Crippen LogP contribution in [0.1, 0.15) is 25.7 Å². The van der Waals surface area contributed by atoms with E-state index in [2.05, 4.69) is 15.5 Å². The van der Waals surface area contributed by atoms with Gasteiger partial charge in [0.1, 0.15) is 0 Å². The molecule has 0 spiro atoms. The summed E-state index contributed by atoms with van der Waals surface area (Å²) >= 11 is 0. The Morgan fingerprint density at radius 1 is 1.29 bits per heavy atom. The predicted octanol–water partition coefficient (Wildman–Crippen LogP) is -0.525. The molecule has 94 valence electrons. The van der Waals surface area contributed by atoms with Crippen LogP contribution in [0.25, 0.3) is 0 Å². The van der Waals surface area contributed by atoms with Crippen LogP contribution in [-0.2, 0) is 9.59 Å². The van der Waals surface area contributed by atoms with E-state index in [1.807, 2.05) is 0 Å². The third kappa shape index (κ3) is 2.50. The smallest absolute Gasteiger partial charge is 0.244 e. The molecule has 2 N–H and O–H groups in total. The van der Waals surface area contributed by atoms with Crippen molar-refractivity contribution in [2.75, 3.05) is 19.6 Å². The fraction of sp³-hybridized carbons (Fsp3) is 0.833. The maximum atomic E-state index is 11.4. The highest BCUT2D eigenvalue weighted by molar-refractivity contribution is 6.05. The normalized spacial score (nSPS) is 34.4. The number of imide groups is 1. The second kappa shape index (κ2) is 4.38. The maximum absolute atomic E-state index is 11.4. The fourth-order valence-corrected chi connectivity index (χ4v) is 2.83. The molecule has 3 fully saturated rings. The Morgan fingerprint density at radius 2 is 2.12 bits per heavy atom. The average Bonchev–Trinajstić information content (AvgIpc) is 2.95. The zero-order valence-corrected chi connectivity index (χ0v) is 9.95. The van der Waals surface area contributed by atoms with E-state index < -0.39 is 0 Å². The number of nitrogens with one attached hydrogen (secondary N) is 2. The minimum atomic E-state index is -0.294. The topological polar surface area (TPSA) is 61.4 Å². The number of carbonyl (C=O) groups is 2. The van der Waals surface area contributed by atoms with Crippen molar-refractivity contribution in [1.29, 1.82) is 0 Å². The van der Waals surface area contributed by atoms with Crippen LogP contribution < -0.4 is 10.6 Å². The molecule has 2 saturated heterocycles. The van der Waals surface area contributed by atoms with Gasteiger partial charge >= 0.3 is 0 Å². The van der Waals surface area contributed by atoms with Gasteiger partial charge in [-0.2, -0.15) is 0 Å². The number of likely N-dealkylation sites (tertiary alicyclic amines) is 1. The molecule has 5 nitrogen and oxygen atoms in total. The number of hydrogen-bond donors (Lipinski definition) is 2. The van der Waals surface area contributed by atoms with Crippen molar-refractivity contribution >= 4 is 11.8 Å². The van der Waals surface area contributed by atoms with Crippen molar-refractivity contribution in [1.82, 2.24) is 15.5 Å². The van der Waals surface area contributed by atoms with Gasteiger partial charge in [0.05, 0.1) is 12.5 Å². The highest BCUT2D eigenvalue weighted by atomic mass is 16.2. The first kappa shape index (κ1) is 11.2. The lowest BCUT2D eigenvalue weighted by atomic mass is 10.1. The third-order valence-electron chi connectivity index (χ3n) is 4.00. The summed E-state index contributed by atoms with van der Waals surface area (Å²) in [6.07, 6.45) is 4.24. The van der Waals surface area contributed by atoms with Gasteiger partial charge in [0.25, 0.3) is 0 Å². The molecule has 2 amide bonds. The third-order valence-corrected chi connectivity index (χ3v) is 4.00. The molecule has 3 rings (SSSR count). The van der Waals surface area contributed by atoms with Gasteiger partial charge in [-0.1, -0.05) is 0 Å². The van der Waals surface area contributed by atoms with Gasteiger partial charge in [0.2, 0.25) is 11.8 Å². The lowest BCUT2D eigenvalue weighted by Gasteiger charge is -2.16. The molecule has 0 aromatic heterocycles. The SMILES string of the molecule is O=C1CC(NCC2CCN(C3CC3)C2)C(=O)N1.